The molecule has 0 N–H and O–H groups in total. The summed E-state index contributed by atoms with van der Waals surface area (Å²) in [4.78, 5) is 25.0. The number of carbonyl (C=O) groups excluding carboxylic acids is 2. The first-order valence-corrected chi connectivity index (χ1v) is 10.0. The minimum atomic E-state index is -0.422. The highest BCUT2D eigenvalue weighted by Gasteiger charge is 2.23. The van der Waals surface area contributed by atoms with Crippen LogP contribution >= 0.6 is 0 Å². The highest BCUT2D eigenvalue weighted by Crippen LogP contribution is 2.28. The second-order valence-corrected chi connectivity index (χ2v) is 7.24. The quantitative estimate of drug-likeness (QED) is 0.351. The van der Waals surface area contributed by atoms with Crippen LogP contribution in [0.1, 0.15) is 45.8 Å². The molecule has 4 nitrogen and oxygen atoms in total. The van der Waals surface area contributed by atoms with Crippen molar-refractivity contribution in [2.24, 2.45) is 0 Å². The van der Waals surface area contributed by atoms with E-state index in [1.807, 2.05) is 73.7 Å². The average molecular weight is 402 g/mol. The molecule has 0 bridgehead atoms. The number of aryl methyl sites for hydroxylation is 1. The zero-order valence-corrected chi connectivity index (χ0v) is 17.3. The maximum Gasteiger partial charge on any atom is 0.305 e. The number of ketones is 1. The van der Waals surface area contributed by atoms with Gasteiger partial charge in [-0.25, -0.2) is 0 Å². The summed E-state index contributed by atoms with van der Waals surface area (Å²) in [7, 11) is 1.36. The van der Waals surface area contributed by atoms with Crippen molar-refractivity contribution in [1.82, 2.24) is 0 Å². The largest absolute Gasteiger partial charge is 0.489 e. The fourth-order valence-corrected chi connectivity index (χ4v) is 3.29. The van der Waals surface area contributed by atoms with E-state index in [-0.39, 0.29) is 18.2 Å². The van der Waals surface area contributed by atoms with Crippen molar-refractivity contribution >= 4 is 11.8 Å². The van der Waals surface area contributed by atoms with Crippen molar-refractivity contribution in [3.63, 3.8) is 0 Å². The molecule has 0 saturated carbocycles. The molecule has 0 aliphatic heterocycles. The molecule has 0 aromatic heterocycles. The van der Waals surface area contributed by atoms with Crippen LogP contribution in [0, 0.1) is 6.92 Å². The number of hydrogen-bond donors (Lipinski definition) is 0. The molecule has 30 heavy (non-hydrogen) atoms. The van der Waals surface area contributed by atoms with Gasteiger partial charge in [0.25, 0.3) is 0 Å². The fourth-order valence-electron chi connectivity index (χ4n) is 3.29. The van der Waals surface area contributed by atoms with Crippen LogP contribution in [0.15, 0.2) is 78.9 Å². The molecule has 0 aliphatic carbocycles. The lowest BCUT2D eigenvalue weighted by molar-refractivity contribution is -0.140. The van der Waals surface area contributed by atoms with Gasteiger partial charge in [0.2, 0.25) is 0 Å². The Balaban J connectivity index is 1.79. The first-order valence-electron chi connectivity index (χ1n) is 10.0. The lowest BCUT2D eigenvalue weighted by Gasteiger charge is -2.17. The second-order valence-electron chi connectivity index (χ2n) is 7.24. The molecule has 0 saturated heterocycles. The second kappa shape index (κ2) is 10.4. The molecule has 1 unspecified atom stereocenters. The van der Waals surface area contributed by atoms with Crippen LogP contribution in [0.5, 0.6) is 5.75 Å². The lowest BCUT2D eigenvalue weighted by atomic mass is 9.86. The number of Topliss-reactive ketones (excluding diaryl/α,β-unsaturated/α-hetero) is 1. The Bertz CT molecular complexity index is 977. The Hall–Kier alpha value is -3.40. The maximum atomic E-state index is 13.3. The predicted molar refractivity (Wildman–Crippen MR) is 117 cm³/mol. The van der Waals surface area contributed by atoms with Crippen LogP contribution in [0.4, 0.5) is 0 Å². The number of rotatable bonds is 9. The third-order valence-corrected chi connectivity index (χ3v) is 5.03. The molecule has 0 aliphatic rings. The zero-order valence-electron chi connectivity index (χ0n) is 17.3. The van der Waals surface area contributed by atoms with Gasteiger partial charge in [-0.05, 0) is 36.6 Å². The number of hydrogen-bond acceptors (Lipinski definition) is 4. The highest BCUT2D eigenvalue weighted by molar-refractivity contribution is 6.01. The van der Waals surface area contributed by atoms with Gasteiger partial charge in [0.15, 0.2) is 5.78 Å². The van der Waals surface area contributed by atoms with Crippen molar-refractivity contribution in [3.8, 4) is 5.75 Å². The van der Waals surface area contributed by atoms with E-state index in [0.29, 0.717) is 24.3 Å². The van der Waals surface area contributed by atoms with E-state index in [9.17, 15) is 9.59 Å². The van der Waals surface area contributed by atoms with Crippen LogP contribution in [-0.4, -0.2) is 18.9 Å². The van der Waals surface area contributed by atoms with Crippen LogP contribution < -0.4 is 4.74 Å². The van der Waals surface area contributed by atoms with Crippen LogP contribution in [0.2, 0.25) is 0 Å². The van der Waals surface area contributed by atoms with Gasteiger partial charge >= 0.3 is 5.97 Å². The van der Waals surface area contributed by atoms with Gasteiger partial charge in [0, 0.05) is 17.9 Å². The molecule has 0 radical (unpaired) electrons. The monoisotopic (exact) mass is 402 g/mol. The first-order chi connectivity index (χ1) is 14.6. The minimum Gasteiger partial charge on any atom is -0.489 e. The summed E-state index contributed by atoms with van der Waals surface area (Å²) in [5, 5.41) is 0. The van der Waals surface area contributed by atoms with E-state index in [1.165, 1.54) is 7.11 Å². The zero-order chi connectivity index (χ0) is 21.3. The molecule has 3 aromatic rings. The molecular formula is C26H26O4. The third kappa shape index (κ3) is 5.80. The molecule has 0 heterocycles. The number of benzene rings is 3. The lowest BCUT2D eigenvalue weighted by Crippen LogP contribution is -2.15. The Morgan fingerprint density at radius 3 is 2.33 bits per heavy atom. The average Bonchev–Trinajstić information content (AvgIpc) is 2.79. The standard InChI is InChI=1S/C26H26O4/c1-19-11-13-21(14-12-19)24(15-16-25(27)29-2)26(28)22-9-6-10-23(17-22)30-18-20-7-4-3-5-8-20/h3-14,17,24H,15-16,18H2,1-2H3. The Morgan fingerprint density at radius 1 is 0.900 bits per heavy atom. The van der Waals surface area contributed by atoms with Gasteiger partial charge in [0.1, 0.15) is 12.4 Å². The van der Waals surface area contributed by atoms with Crippen LogP contribution in [0.3, 0.4) is 0 Å². The van der Waals surface area contributed by atoms with Gasteiger partial charge in [-0.3, -0.25) is 9.59 Å². The topological polar surface area (TPSA) is 52.6 Å². The number of esters is 1. The smallest absolute Gasteiger partial charge is 0.305 e. The van der Waals surface area contributed by atoms with E-state index >= 15 is 0 Å². The molecule has 0 amide bonds. The molecule has 3 aromatic carbocycles. The number of ether oxygens (including phenoxy) is 2. The molecule has 0 fully saturated rings. The molecule has 0 spiro atoms. The summed E-state index contributed by atoms with van der Waals surface area (Å²) in [5.41, 5.74) is 3.64. The fraction of sp³-hybridized carbons (Fsp3) is 0.231. The van der Waals surface area contributed by atoms with Gasteiger partial charge in [-0.2, -0.15) is 0 Å². The molecule has 1 atom stereocenters. The summed E-state index contributed by atoms with van der Waals surface area (Å²) >= 11 is 0. The van der Waals surface area contributed by atoms with Crippen molar-refractivity contribution in [3.05, 3.63) is 101 Å². The SMILES string of the molecule is COC(=O)CCC(C(=O)c1cccc(OCc2ccccc2)c1)c1ccc(C)cc1. The van der Waals surface area contributed by atoms with E-state index in [2.05, 4.69) is 0 Å². The summed E-state index contributed by atoms with van der Waals surface area (Å²) in [6, 6.07) is 25.0. The molecule has 4 heteroatoms. The Labute approximate surface area is 177 Å². The van der Waals surface area contributed by atoms with Crippen LogP contribution in [-0.2, 0) is 16.1 Å². The molecule has 154 valence electrons. The van der Waals surface area contributed by atoms with E-state index < -0.39 is 5.92 Å². The van der Waals surface area contributed by atoms with Gasteiger partial charge in [0.05, 0.1) is 7.11 Å². The maximum absolute atomic E-state index is 13.3. The number of carbonyl (C=O) groups is 2. The Kier molecular flexibility index (Phi) is 7.39. The summed E-state index contributed by atoms with van der Waals surface area (Å²) in [6.45, 7) is 2.44. The first kappa shape index (κ1) is 21.3. The minimum absolute atomic E-state index is 0.0343. The molecule has 3 rings (SSSR count). The normalized spacial score (nSPS) is 11.5. The Morgan fingerprint density at radius 2 is 1.63 bits per heavy atom. The van der Waals surface area contributed by atoms with Crippen molar-refractivity contribution in [2.75, 3.05) is 7.11 Å². The van der Waals surface area contributed by atoms with E-state index in [1.54, 1.807) is 12.1 Å². The third-order valence-electron chi connectivity index (χ3n) is 5.03. The summed E-state index contributed by atoms with van der Waals surface area (Å²) < 4.78 is 10.6. The molecular weight excluding hydrogens is 376 g/mol. The number of methoxy groups -OCH3 is 1. The predicted octanol–water partition coefficient (Wildman–Crippen LogP) is 5.49. The van der Waals surface area contributed by atoms with E-state index in [0.717, 1.165) is 16.7 Å². The van der Waals surface area contributed by atoms with Crippen molar-refractivity contribution in [1.29, 1.82) is 0 Å². The van der Waals surface area contributed by atoms with Crippen molar-refractivity contribution < 1.29 is 19.1 Å². The van der Waals surface area contributed by atoms with E-state index in [4.69, 9.17) is 9.47 Å². The summed E-state index contributed by atoms with van der Waals surface area (Å²) in [6.07, 6.45) is 0.578. The van der Waals surface area contributed by atoms with Gasteiger partial charge in [-0.1, -0.05) is 72.3 Å². The summed E-state index contributed by atoms with van der Waals surface area (Å²) in [5.74, 6) is -0.137. The van der Waals surface area contributed by atoms with Gasteiger partial charge < -0.3 is 9.47 Å². The highest BCUT2D eigenvalue weighted by atomic mass is 16.5. The van der Waals surface area contributed by atoms with Crippen LogP contribution in [0.25, 0.3) is 0 Å². The van der Waals surface area contributed by atoms with Crippen molar-refractivity contribution in [2.45, 2.75) is 32.3 Å². The van der Waals surface area contributed by atoms with Gasteiger partial charge in [-0.15, -0.1) is 0 Å².